The zero-order valence-corrected chi connectivity index (χ0v) is 16.4. The van der Waals surface area contributed by atoms with Crippen LogP contribution in [0.15, 0.2) is 65.4 Å². The highest BCUT2D eigenvalue weighted by molar-refractivity contribution is 7.80. The highest BCUT2D eigenvalue weighted by atomic mass is 35.5. The van der Waals surface area contributed by atoms with Gasteiger partial charge in [-0.25, -0.2) is 0 Å². The van der Waals surface area contributed by atoms with Crippen LogP contribution in [-0.2, 0) is 0 Å². The van der Waals surface area contributed by atoms with E-state index in [1.807, 2.05) is 42.5 Å². The number of allylic oxidation sites excluding steroid dienone is 1. The minimum absolute atomic E-state index is 0.00222. The summed E-state index contributed by atoms with van der Waals surface area (Å²) in [4.78, 5) is 0. The zero-order valence-electron chi connectivity index (χ0n) is 14.1. The van der Waals surface area contributed by atoms with Crippen LogP contribution < -0.4 is 10.6 Å². The Labute approximate surface area is 168 Å². The first-order valence-corrected chi connectivity index (χ1v) is 9.80. The van der Waals surface area contributed by atoms with Crippen LogP contribution in [0, 0.1) is 0 Å². The van der Waals surface area contributed by atoms with Crippen molar-refractivity contribution in [3.05, 3.63) is 86.5 Å². The molecule has 0 bridgehead atoms. The van der Waals surface area contributed by atoms with E-state index in [-0.39, 0.29) is 6.04 Å². The molecule has 0 amide bonds. The Balaban J connectivity index is 1.81. The van der Waals surface area contributed by atoms with Crippen LogP contribution in [-0.4, -0.2) is 5.11 Å². The fourth-order valence-electron chi connectivity index (χ4n) is 3.64. The van der Waals surface area contributed by atoms with E-state index in [0.717, 1.165) is 46.1 Å². The number of thiocarbonyl (C=S) groups is 1. The average molecular weight is 401 g/mol. The van der Waals surface area contributed by atoms with Gasteiger partial charge in [-0.2, -0.15) is 0 Å². The summed E-state index contributed by atoms with van der Waals surface area (Å²) in [5, 5.41) is 8.90. The molecule has 2 N–H and O–H groups in total. The van der Waals surface area contributed by atoms with Crippen molar-refractivity contribution >= 4 is 46.6 Å². The molecule has 0 saturated heterocycles. The minimum Gasteiger partial charge on any atom is -0.352 e. The fourth-order valence-corrected chi connectivity index (χ4v) is 4.30. The first-order chi connectivity index (χ1) is 12.6. The highest BCUT2D eigenvalue weighted by Gasteiger charge is 2.31. The number of halogens is 2. The number of rotatable bonds is 2. The Bertz CT molecular complexity index is 933. The third-order valence-corrected chi connectivity index (χ3v) is 5.76. The number of nitrogens with one attached hydrogen (secondary N) is 2. The minimum atomic E-state index is 0.00222. The van der Waals surface area contributed by atoms with E-state index in [1.54, 1.807) is 0 Å². The Morgan fingerprint density at radius 3 is 2.46 bits per heavy atom. The molecule has 1 unspecified atom stereocenters. The van der Waals surface area contributed by atoms with E-state index in [4.69, 9.17) is 35.4 Å². The number of hydrogen-bond acceptors (Lipinski definition) is 1. The molecule has 2 aliphatic rings. The molecule has 2 aromatic carbocycles. The summed E-state index contributed by atoms with van der Waals surface area (Å²) in [6.45, 7) is 0. The smallest absolute Gasteiger partial charge is 0.171 e. The SMILES string of the molecule is S=C1NC2=C(CCCC2=Cc2ccccc2Cl)C(c2ccccc2Cl)N1. The molecule has 2 nitrogen and oxygen atoms in total. The Kier molecular flexibility index (Phi) is 5.03. The van der Waals surface area contributed by atoms with Gasteiger partial charge >= 0.3 is 0 Å². The van der Waals surface area contributed by atoms with Crippen molar-refractivity contribution in [1.82, 2.24) is 10.6 Å². The molecule has 0 spiro atoms. The van der Waals surface area contributed by atoms with Crippen LogP contribution in [0.3, 0.4) is 0 Å². The molecule has 132 valence electrons. The average Bonchev–Trinajstić information content (AvgIpc) is 2.64. The molecular weight excluding hydrogens is 383 g/mol. The third-order valence-electron chi connectivity index (χ3n) is 4.85. The van der Waals surface area contributed by atoms with Crippen molar-refractivity contribution in [2.75, 3.05) is 0 Å². The van der Waals surface area contributed by atoms with E-state index < -0.39 is 0 Å². The summed E-state index contributed by atoms with van der Waals surface area (Å²) in [5.41, 5.74) is 5.74. The lowest BCUT2D eigenvalue weighted by Gasteiger charge is -2.36. The Morgan fingerprint density at radius 1 is 0.962 bits per heavy atom. The molecule has 0 saturated carbocycles. The highest BCUT2D eigenvalue weighted by Crippen LogP contribution is 2.40. The first kappa shape index (κ1) is 17.6. The Hall–Kier alpha value is -1.81. The molecule has 1 atom stereocenters. The topological polar surface area (TPSA) is 24.1 Å². The summed E-state index contributed by atoms with van der Waals surface area (Å²) >= 11 is 18.3. The van der Waals surface area contributed by atoms with Crippen LogP contribution in [0.1, 0.15) is 36.4 Å². The van der Waals surface area contributed by atoms with Crippen LogP contribution >= 0.6 is 35.4 Å². The normalized spacial score (nSPS) is 21.2. The van der Waals surface area contributed by atoms with E-state index in [0.29, 0.717) is 5.11 Å². The summed E-state index contributed by atoms with van der Waals surface area (Å²) in [7, 11) is 0. The maximum absolute atomic E-state index is 6.47. The predicted molar refractivity (Wildman–Crippen MR) is 113 cm³/mol. The maximum atomic E-state index is 6.47. The zero-order chi connectivity index (χ0) is 18.1. The van der Waals surface area contributed by atoms with Gasteiger partial charge in [-0.1, -0.05) is 59.6 Å². The van der Waals surface area contributed by atoms with Gasteiger partial charge in [0.25, 0.3) is 0 Å². The van der Waals surface area contributed by atoms with Gasteiger partial charge in [0, 0.05) is 15.7 Å². The second-order valence-corrected chi connectivity index (χ2v) is 7.72. The third kappa shape index (κ3) is 3.39. The molecule has 5 heteroatoms. The summed E-state index contributed by atoms with van der Waals surface area (Å²) in [6.07, 6.45) is 5.26. The standard InChI is InChI=1S/C21H18Cl2N2S/c22-17-10-3-1-6-13(17)12-14-7-5-9-16-19(14)24-21(26)25-20(16)15-8-2-4-11-18(15)23/h1-4,6,8,10-12,20H,5,7,9H2,(H2,24,25,26). The molecular formula is C21H18Cl2N2S. The van der Waals surface area contributed by atoms with Crippen molar-refractivity contribution in [2.45, 2.75) is 25.3 Å². The van der Waals surface area contributed by atoms with Gasteiger partial charge < -0.3 is 10.6 Å². The second-order valence-electron chi connectivity index (χ2n) is 6.50. The van der Waals surface area contributed by atoms with Crippen molar-refractivity contribution in [3.63, 3.8) is 0 Å². The molecule has 0 aromatic heterocycles. The molecule has 1 heterocycles. The van der Waals surface area contributed by atoms with Gasteiger partial charge in [0.2, 0.25) is 0 Å². The number of benzene rings is 2. The second kappa shape index (κ2) is 7.43. The molecule has 0 radical (unpaired) electrons. The predicted octanol–water partition coefficient (Wildman–Crippen LogP) is 6.03. The van der Waals surface area contributed by atoms with Gasteiger partial charge in [0.1, 0.15) is 0 Å². The Morgan fingerprint density at radius 2 is 1.69 bits per heavy atom. The number of hydrogen-bond donors (Lipinski definition) is 2. The van der Waals surface area contributed by atoms with Crippen molar-refractivity contribution in [3.8, 4) is 0 Å². The van der Waals surface area contributed by atoms with Crippen molar-refractivity contribution in [2.24, 2.45) is 0 Å². The molecule has 2 aromatic rings. The lowest BCUT2D eigenvalue weighted by Crippen LogP contribution is -2.45. The van der Waals surface area contributed by atoms with E-state index in [2.05, 4.69) is 22.8 Å². The van der Waals surface area contributed by atoms with Crippen LogP contribution in [0.4, 0.5) is 0 Å². The summed E-state index contributed by atoms with van der Waals surface area (Å²) in [5.74, 6) is 0. The van der Waals surface area contributed by atoms with Gasteiger partial charge in [-0.3, -0.25) is 0 Å². The van der Waals surface area contributed by atoms with Crippen molar-refractivity contribution < 1.29 is 0 Å². The quantitative estimate of drug-likeness (QED) is 0.601. The van der Waals surface area contributed by atoms with Crippen LogP contribution in [0.5, 0.6) is 0 Å². The van der Waals surface area contributed by atoms with Crippen molar-refractivity contribution in [1.29, 1.82) is 0 Å². The molecule has 1 aliphatic carbocycles. The van der Waals surface area contributed by atoms with Crippen LogP contribution in [0.25, 0.3) is 6.08 Å². The van der Waals surface area contributed by atoms with Gasteiger partial charge in [0.05, 0.1) is 6.04 Å². The van der Waals surface area contributed by atoms with E-state index in [9.17, 15) is 0 Å². The molecule has 1 aliphatic heterocycles. The molecule has 4 rings (SSSR count). The maximum Gasteiger partial charge on any atom is 0.171 e. The fraction of sp³-hybridized carbons (Fsp3) is 0.190. The summed E-state index contributed by atoms with van der Waals surface area (Å²) in [6, 6.07) is 15.8. The van der Waals surface area contributed by atoms with E-state index in [1.165, 1.54) is 11.1 Å². The first-order valence-electron chi connectivity index (χ1n) is 8.64. The lowest BCUT2D eigenvalue weighted by molar-refractivity contribution is 0.609. The molecule has 26 heavy (non-hydrogen) atoms. The monoisotopic (exact) mass is 400 g/mol. The van der Waals surface area contributed by atoms with Gasteiger partial charge in [-0.05, 0) is 72.0 Å². The largest absolute Gasteiger partial charge is 0.352 e. The van der Waals surface area contributed by atoms with Gasteiger partial charge in [-0.15, -0.1) is 0 Å². The lowest BCUT2D eigenvalue weighted by atomic mass is 9.83. The van der Waals surface area contributed by atoms with Crippen LogP contribution in [0.2, 0.25) is 10.0 Å². The van der Waals surface area contributed by atoms with Gasteiger partial charge in [0.15, 0.2) is 5.11 Å². The van der Waals surface area contributed by atoms with E-state index >= 15 is 0 Å². The summed E-state index contributed by atoms with van der Waals surface area (Å²) < 4.78 is 0. The molecule has 0 fully saturated rings.